The Morgan fingerprint density at radius 2 is 2.22 bits per heavy atom. The summed E-state index contributed by atoms with van der Waals surface area (Å²) in [4.78, 5) is 1.12. The van der Waals surface area contributed by atoms with Gasteiger partial charge in [-0.05, 0) is 32.2 Å². The Labute approximate surface area is 115 Å². The van der Waals surface area contributed by atoms with Gasteiger partial charge in [0.05, 0.1) is 10.5 Å². The molecule has 0 bridgehead atoms. The molecule has 0 aromatic carbocycles. The molecule has 0 atom stereocenters. The first-order valence-corrected chi connectivity index (χ1v) is 7.70. The molecule has 2 aromatic heterocycles. The van der Waals surface area contributed by atoms with Crippen LogP contribution in [0.3, 0.4) is 0 Å². The van der Waals surface area contributed by atoms with E-state index in [1.54, 1.807) is 36.9 Å². The van der Waals surface area contributed by atoms with E-state index < -0.39 is 5.60 Å². The lowest BCUT2D eigenvalue weighted by atomic mass is 10.2. The van der Waals surface area contributed by atoms with Crippen LogP contribution in [0.25, 0.3) is 10.7 Å². The molecule has 18 heavy (non-hydrogen) atoms. The van der Waals surface area contributed by atoms with E-state index >= 15 is 0 Å². The third-order valence-corrected chi connectivity index (χ3v) is 4.61. The smallest absolute Gasteiger partial charge is 0.191 e. The van der Waals surface area contributed by atoms with E-state index in [1.807, 2.05) is 17.5 Å². The standard InChI is InChI=1S/C12H17N3OS2/c1-4-15-10(9-6-5-7-17-9)13-14-11(15)18-8-12(2,3)16/h5-7,16H,4,8H2,1-3H3. The zero-order valence-corrected chi connectivity index (χ0v) is 12.4. The lowest BCUT2D eigenvalue weighted by molar-refractivity contribution is 0.107. The molecule has 1 N–H and O–H groups in total. The van der Waals surface area contributed by atoms with Gasteiger partial charge in [-0.15, -0.1) is 21.5 Å². The second-order valence-corrected chi connectivity index (χ2v) is 6.52. The predicted molar refractivity (Wildman–Crippen MR) is 76.0 cm³/mol. The Bertz CT molecular complexity index is 500. The first-order chi connectivity index (χ1) is 8.51. The number of hydrogen-bond acceptors (Lipinski definition) is 5. The van der Waals surface area contributed by atoms with Gasteiger partial charge in [-0.2, -0.15) is 0 Å². The van der Waals surface area contributed by atoms with E-state index in [4.69, 9.17) is 0 Å². The molecule has 2 heterocycles. The maximum Gasteiger partial charge on any atom is 0.191 e. The Hall–Kier alpha value is -0.850. The molecule has 0 aliphatic rings. The van der Waals surface area contributed by atoms with Crippen molar-refractivity contribution in [3.8, 4) is 10.7 Å². The van der Waals surface area contributed by atoms with Crippen LogP contribution in [-0.4, -0.2) is 31.2 Å². The maximum atomic E-state index is 9.76. The Morgan fingerprint density at radius 1 is 1.44 bits per heavy atom. The fourth-order valence-corrected chi connectivity index (χ4v) is 3.18. The van der Waals surface area contributed by atoms with E-state index in [2.05, 4.69) is 21.7 Å². The van der Waals surface area contributed by atoms with Crippen molar-refractivity contribution >= 4 is 23.1 Å². The molecule has 0 radical (unpaired) electrons. The molecule has 0 fully saturated rings. The predicted octanol–water partition coefficient (Wildman–Crippen LogP) is 2.89. The van der Waals surface area contributed by atoms with Crippen molar-refractivity contribution in [1.82, 2.24) is 14.8 Å². The minimum absolute atomic E-state index is 0.607. The summed E-state index contributed by atoms with van der Waals surface area (Å²) in [6, 6.07) is 4.06. The molecule has 98 valence electrons. The van der Waals surface area contributed by atoms with Crippen LogP contribution in [0.4, 0.5) is 0 Å². The molecule has 0 amide bonds. The normalized spacial score (nSPS) is 12.0. The number of aromatic nitrogens is 3. The molecular formula is C12H17N3OS2. The van der Waals surface area contributed by atoms with Gasteiger partial charge in [0.2, 0.25) is 0 Å². The van der Waals surface area contributed by atoms with Crippen LogP contribution in [-0.2, 0) is 6.54 Å². The van der Waals surface area contributed by atoms with E-state index in [-0.39, 0.29) is 0 Å². The van der Waals surface area contributed by atoms with Gasteiger partial charge in [-0.1, -0.05) is 17.8 Å². The van der Waals surface area contributed by atoms with Gasteiger partial charge in [0, 0.05) is 12.3 Å². The zero-order chi connectivity index (χ0) is 13.2. The van der Waals surface area contributed by atoms with E-state index in [1.165, 1.54) is 0 Å². The minimum atomic E-state index is -0.696. The van der Waals surface area contributed by atoms with Gasteiger partial charge in [-0.3, -0.25) is 0 Å². The largest absolute Gasteiger partial charge is 0.390 e. The molecule has 6 heteroatoms. The molecular weight excluding hydrogens is 266 g/mol. The summed E-state index contributed by atoms with van der Waals surface area (Å²) in [5.41, 5.74) is -0.696. The van der Waals surface area contributed by atoms with Crippen molar-refractivity contribution < 1.29 is 5.11 Å². The monoisotopic (exact) mass is 283 g/mol. The third-order valence-electron chi connectivity index (χ3n) is 2.33. The first-order valence-electron chi connectivity index (χ1n) is 5.83. The van der Waals surface area contributed by atoms with E-state index in [9.17, 15) is 5.11 Å². The zero-order valence-electron chi connectivity index (χ0n) is 10.8. The Morgan fingerprint density at radius 3 is 2.78 bits per heavy atom. The summed E-state index contributed by atoms with van der Waals surface area (Å²) < 4.78 is 2.09. The van der Waals surface area contributed by atoms with Gasteiger partial charge < -0.3 is 9.67 Å². The second-order valence-electron chi connectivity index (χ2n) is 4.63. The van der Waals surface area contributed by atoms with E-state index in [0.717, 1.165) is 22.4 Å². The summed E-state index contributed by atoms with van der Waals surface area (Å²) >= 11 is 3.20. The second kappa shape index (κ2) is 5.42. The molecule has 0 aliphatic carbocycles. The number of hydrogen-bond donors (Lipinski definition) is 1. The van der Waals surface area contributed by atoms with Gasteiger partial charge in [0.15, 0.2) is 11.0 Å². The maximum absolute atomic E-state index is 9.76. The fraction of sp³-hybridized carbons (Fsp3) is 0.500. The van der Waals surface area contributed by atoms with Gasteiger partial charge >= 0.3 is 0 Å². The third kappa shape index (κ3) is 3.13. The van der Waals surface area contributed by atoms with Gasteiger partial charge in [-0.25, -0.2) is 0 Å². The van der Waals surface area contributed by atoms with Crippen LogP contribution in [0.2, 0.25) is 0 Å². The highest BCUT2D eigenvalue weighted by Gasteiger charge is 2.18. The van der Waals surface area contributed by atoms with Gasteiger partial charge in [0.25, 0.3) is 0 Å². The fourth-order valence-electron chi connectivity index (χ4n) is 1.51. The molecule has 0 aliphatic heterocycles. The highest BCUT2D eigenvalue weighted by molar-refractivity contribution is 7.99. The molecule has 2 rings (SSSR count). The molecule has 2 aromatic rings. The highest BCUT2D eigenvalue weighted by atomic mass is 32.2. The van der Waals surface area contributed by atoms with Crippen molar-refractivity contribution in [2.75, 3.05) is 5.75 Å². The van der Waals surface area contributed by atoms with Crippen LogP contribution in [0.1, 0.15) is 20.8 Å². The Balaban J connectivity index is 2.23. The molecule has 0 unspecified atom stereocenters. The average molecular weight is 283 g/mol. The summed E-state index contributed by atoms with van der Waals surface area (Å²) in [6.07, 6.45) is 0. The van der Waals surface area contributed by atoms with Crippen molar-refractivity contribution in [3.63, 3.8) is 0 Å². The Kier molecular flexibility index (Phi) is 4.09. The number of thioether (sulfide) groups is 1. The molecule has 0 spiro atoms. The summed E-state index contributed by atoms with van der Waals surface area (Å²) in [6.45, 7) is 6.50. The van der Waals surface area contributed by atoms with Crippen molar-refractivity contribution in [2.45, 2.75) is 38.1 Å². The number of aliphatic hydroxyl groups is 1. The van der Waals surface area contributed by atoms with Crippen LogP contribution in [0.15, 0.2) is 22.7 Å². The lowest BCUT2D eigenvalue weighted by Crippen LogP contribution is -2.22. The summed E-state index contributed by atoms with van der Waals surface area (Å²) in [7, 11) is 0. The SMILES string of the molecule is CCn1c(SCC(C)(C)O)nnc1-c1cccs1. The van der Waals surface area contributed by atoms with Crippen molar-refractivity contribution in [1.29, 1.82) is 0 Å². The lowest BCUT2D eigenvalue weighted by Gasteiger charge is -2.15. The number of nitrogens with zero attached hydrogens (tertiary/aromatic N) is 3. The minimum Gasteiger partial charge on any atom is -0.390 e. The highest BCUT2D eigenvalue weighted by Crippen LogP contribution is 2.28. The van der Waals surface area contributed by atoms with Crippen molar-refractivity contribution in [2.24, 2.45) is 0 Å². The topological polar surface area (TPSA) is 50.9 Å². The first kappa shape index (κ1) is 13.6. The van der Waals surface area contributed by atoms with Crippen LogP contribution >= 0.6 is 23.1 Å². The number of rotatable bonds is 5. The summed E-state index contributed by atoms with van der Waals surface area (Å²) in [5, 5.41) is 21.1. The van der Waals surface area contributed by atoms with E-state index in [0.29, 0.717) is 5.75 Å². The average Bonchev–Trinajstić information content (AvgIpc) is 2.93. The molecule has 0 saturated carbocycles. The van der Waals surface area contributed by atoms with Gasteiger partial charge in [0.1, 0.15) is 0 Å². The number of thiophene rings is 1. The van der Waals surface area contributed by atoms with Crippen LogP contribution in [0, 0.1) is 0 Å². The van der Waals surface area contributed by atoms with Crippen molar-refractivity contribution in [3.05, 3.63) is 17.5 Å². The van der Waals surface area contributed by atoms with Crippen LogP contribution in [0.5, 0.6) is 0 Å². The molecule has 0 saturated heterocycles. The molecule has 4 nitrogen and oxygen atoms in total. The quantitative estimate of drug-likeness (QED) is 0.857. The van der Waals surface area contributed by atoms with Crippen LogP contribution < -0.4 is 0 Å². The summed E-state index contributed by atoms with van der Waals surface area (Å²) in [5.74, 6) is 1.51.